The van der Waals surface area contributed by atoms with Crippen molar-refractivity contribution in [2.24, 2.45) is 0 Å². The molecule has 0 aromatic heterocycles. The lowest BCUT2D eigenvalue weighted by Crippen LogP contribution is -2.41. The van der Waals surface area contributed by atoms with Crippen LogP contribution in [0.4, 0.5) is 8.78 Å². The Kier molecular flexibility index (Phi) is 3.02. The summed E-state index contributed by atoms with van der Waals surface area (Å²) in [7, 11) is -0.736. The topological polar surface area (TPSA) is 18.5 Å². The van der Waals surface area contributed by atoms with E-state index < -0.39 is 30.0 Å². The average molecular weight is 254 g/mol. The Morgan fingerprint density at radius 2 is 1.33 bits per heavy atom. The molecule has 1 aliphatic rings. The maximum absolute atomic E-state index is 13.5. The normalized spacial score (nSPS) is 21.4. The monoisotopic (exact) mass is 254 g/mol. The van der Waals surface area contributed by atoms with Gasteiger partial charge in [-0.2, -0.15) is 0 Å². The molecule has 98 valence electrons. The molecule has 2 rings (SSSR count). The summed E-state index contributed by atoms with van der Waals surface area (Å²) in [6.07, 6.45) is 0. The molecule has 0 N–H and O–H groups in total. The quantitative estimate of drug-likeness (QED) is 0.717. The fraction of sp³-hybridized carbons (Fsp3) is 0.538. The third-order valence-corrected chi connectivity index (χ3v) is 3.83. The minimum Gasteiger partial charge on any atom is -0.399 e. The first-order chi connectivity index (χ1) is 8.14. The summed E-state index contributed by atoms with van der Waals surface area (Å²) in [5, 5.41) is 0. The molecular weight excluding hydrogens is 237 g/mol. The van der Waals surface area contributed by atoms with Crippen LogP contribution in [0.5, 0.6) is 0 Å². The molecule has 1 aliphatic heterocycles. The van der Waals surface area contributed by atoms with Gasteiger partial charge in [0, 0.05) is 5.56 Å². The van der Waals surface area contributed by atoms with Crippen molar-refractivity contribution in [3.8, 4) is 0 Å². The highest BCUT2D eigenvalue weighted by molar-refractivity contribution is 6.62. The van der Waals surface area contributed by atoms with Gasteiger partial charge in [-0.25, -0.2) is 8.78 Å². The van der Waals surface area contributed by atoms with Crippen molar-refractivity contribution in [1.29, 1.82) is 0 Å². The fourth-order valence-electron chi connectivity index (χ4n) is 1.78. The van der Waals surface area contributed by atoms with Crippen molar-refractivity contribution >= 4 is 12.6 Å². The van der Waals surface area contributed by atoms with Crippen LogP contribution in [0.1, 0.15) is 33.3 Å². The highest BCUT2D eigenvalue weighted by atomic mass is 19.1. The lowest BCUT2D eigenvalue weighted by molar-refractivity contribution is 0.00578. The van der Waals surface area contributed by atoms with E-state index in [0.717, 1.165) is 0 Å². The molecule has 1 saturated heterocycles. The van der Waals surface area contributed by atoms with Crippen molar-refractivity contribution in [2.45, 2.75) is 45.8 Å². The molecule has 1 heterocycles. The molecule has 0 radical (unpaired) electrons. The van der Waals surface area contributed by atoms with Crippen molar-refractivity contribution in [1.82, 2.24) is 0 Å². The van der Waals surface area contributed by atoms with E-state index in [1.807, 2.05) is 27.7 Å². The Bertz CT molecular complexity index is 447. The van der Waals surface area contributed by atoms with Gasteiger partial charge in [-0.1, -0.05) is 0 Å². The van der Waals surface area contributed by atoms with E-state index in [-0.39, 0.29) is 5.56 Å². The van der Waals surface area contributed by atoms with Crippen LogP contribution >= 0.6 is 0 Å². The van der Waals surface area contributed by atoms with Gasteiger partial charge in [0.25, 0.3) is 0 Å². The summed E-state index contributed by atoms with van der Waals surface area (Å²) in [6.45, 7) is 8.99. The standard InChI is InChI=1S/C13H17BF2O2/c1-8-10(15)6-9(7-11(8)16)14-17-12(2,3)13(4,5)18-14/h6-7H,1-5H3. The zero-order valence-electron chi connectivity index (χ0n) is 11.3. The summed E-state index contributed by atoms with van der Waals surface area (Å²) >= 11 is 0. The number of halogens is 2. The maximum Gasteiger partial charge on any atom is 0.495 e. The molecule has 0 atom stereocenters. The number of rotatable bonds is 1. The predicted octanol–water partition coefficient (Wildman–Crippen LogP) is 2.57. The van der Waals surface area contributed by atoms with Gasteiger partial charge in [-0.15, -0.1) is 0 Å². The first-order valence-electron chi connectivity index (χ1n) is 5.95. The molecule has 1 aromatic rings. The Hall–Kier alpha value is -0.935. The molecule has 0 amide bonds. The molecule has 1 fully saturated rings. The van der Waals surface area contributed by atoms with Crippen LogP contribution in [0.3, 0.4) is 0 Å². The van der Waals surface area contributed by atoms with Crippen molar-refractivity contribution in [3.63, 3.8) is 0 Å². The summed E-state index contributed by atoms with van der Waals surface area (Å²) in [5.41, 5.74) is -0.658. The zero-order valence-corrected chi connectivity index (χ0v) is 11.3. The van der Waals surface area contributed by atoms with Crippen molar-refractivity contribution < 1.29 is 18.1 Å². The molecule has 5 heteroatoms. The lowest BCUT2D eigenvalue weighted by Gasteiger charge is -2.32. The number of hydrogen-bond acceptors (Lipinski definition) is 2. The van der Waals surface area contributed by atoms with Crippen molar-refractivity contribution in [3.05, 3.63) is 29.3 Å². The smallest absolute Gasteiger partial charge is 0.399 e. The number of benzene rings is 1. The maximum atomic E-state index is 13.5. The van der Waals surface area contributed by atoms with E-state index in [4.69, 9.17) is 9.31 Å². The number of hydrogen-bond donors (Lipinski definition) is 0. The van der Waals surface area contributed by atoms with Crippen LogP contribution in [0, 0.1) is 18.6 Å². The summed E-state index contributed by atoms with van der Waals surface area (Å²) in [4.78, 5) is 0. The van der Waals surface area contributed by atoms with E-state index >= 15 is 0 Å². The van der Waals surface area contributed by atoms with Gasteiger partial charge >= 0.3 is 7.12 Å². The van der Waals surface area contributed by atoms with E-state index in [0.29, 0.717) is 5.46 Å². The summed E-state index contributed by atoms with van der Waals surface area (Å²) in [5.74, 6) is -1.17. The van der Waals surface area contributed by atoms with Crippen molar-refractivity contribution in [2.75, 3.05) is 0 Å². The Balaban J connectivity index is 2.36. The van der Waals surface area contributed by atoms with Gasteiger partial charge < -0.3 is 9.31 Å². The van der Waals surface area contributed by atoms with E-state index in [1.165, 1.54) is 19.1 Å². The highest BCUT2D eigenvalue weighted by Gasteiger charge is 2.51. The predicted molar refractivity (Wildman–Crippen MR) is 66.8 cm³/mol. The molecule has 0 unspecified atom stereocenters. The Morgan fingerprint density at radius 3 is 1.72 bits per heavy atom. The summed E-state index contributed by atoms with van der Waals surface area (Å²) in [6, 6.07) is 2.53. The summed E-state index contributed by atoms with van der Waals surface area (Å²) < 4.78 is 38.5. The molecule has 0 bridgehead atoms. The van der Waals surface area contributed by atoms with Crippen LogP contribution in [-0.2, 0) is 9.31 Å². The third kappa shape index (κ3) is 2.06. The zero-order chi connectivity index (χ0) is 13.7. The lowest BCUT2D eigenvalue weighted by atomic mass is 9.78. The SMILES string of the molecule is Cc1c(F)cc(B2OC(C)(C)C(C)(C)O2)cc1F. The molecule has 18 heavy (non-hydrogen) atoms. The minimum absolute atomic E-state index is 0.00951. The van der Waals surface area contributed by atoms with E-state index in [9.17, 15) is 8.78 Å². The van der Waals surface area contributed by atoms with Crippen LogP contribution in [0.2, 0.25) is 0 Å². The highest BCUT2D eigenvalue weighted by Crippen LogP contribution is 2.36. The second-order valence-corrected chi connectivity index (χ2v) is 5.70. The minimum atomic E-state index is -0.736. The average Bonchev–Trinajstić information content (AvgIpc) is 2.44. The van der Waals surface area contributed by atoms with Gasteiger partial charge in [0.2, 0.25) is 0 Å². The van der Waals surface area contributed by atoms with Gasteiger partial charge in [0.15, 0.2) is 0 Å². The molecule has 0 saturated carbocycles. The fourth-order valence-corrected chi connectivity index (χ4v) is 1.78. The Labute approximate surface area is 106 Å². The molecule has 0 aliphatic carbocycles. The van der Waals surface area contributed by atoms with Crippen LogP contribution in [-0.4, -0.2) is 18.3 Å². The van der Waals surface area contributed by atoms with E-state index in [2.05, 4.69) is 0 Å². The largest absolute Gasteiger partial charge is 0.495 e. The first kappa shape index (κ1) is 13.5. The Morgan fingerprint density at radius 1 is 0.944 bits per heavy atom. The van der Waals surface area contributed by atoms with Gasteiger partial charge in [0.1, 0.15) is 11.6 Å². The molecule has 0 spiro atoms. The molecule has 1 aromatic carbocycles. The van der Waals surface area contributed by atoms with Gasteiger partial charge in [0.05, 0.1) is 11.2 Å². The molecular formula is C13H17BF2O2. The van der Waals surface area contributed by atoms with Gasteiger partial charge in [-0.3, -0.25) is 0 Å². The first-order valence-corrected chi connectivity index (χ1v) is 5.95. The molecule has 2 nitrogen and oxygen atoms in total. The second-order valence-electron chi connectivity index (χ2n) is 5.70. The third-order valence-electron chi connectivity index (χ3n) is 3.83. The van der Waals surface area contributed by atoms with Gasteiger partial charge in [-0.05, 0) is 52.2 Å². The van der Waals surface area contributed by atoms with Crippen LogP contribution in [0.25, 0.3) is 0 Å². The van der Waals surface area contributed by atoms with E-state index in [1.54, 1.807) is 0 Å². The second kappa shape index (κ2) is 4.03. The van der Waals surface area contributed by atoms with Crippen LogP contribution in [0.15, 0.2) is 12.1 Å². The van der Waals surface area contributed by atoms with Crippen LogP contribution < -0.4 is 5.46 Å².